The number of aryl methyl sites for hydroxylation is 2. The highest BCUT2D eigenvalue weighted by Gasteiger charge is 2.23. The van der Waals surface area contributed by atoms with Crippen molar-refractivity contribution in [2.24, 2.45) is 0 Å². The van der Waals surface area contributed by atoms with Crippen LogP contribution in [0.2, 0.25) is 0 Å². The monoisotopic (exact) mass is 377 g/mol. The molecule has 0 fully saturated rings. The third kappa shape index (κ3) is 3.67. The fraction of sp³-hybridized carbons (Fsp3) is 0.500. The van der Waals surface area contributed by atoms with Crippen LogP contribution in [-0.4, -0.2) is 27.3 Å². The number of allylic oxidation sites excluding steroid dienone is 1. The van der Waals surface area contributed by atoms with Crippen LogP contribution >= 0.6 is 23.1 Å². The molecule has 1 unspecified atom stereocenters. The first-order valence-electron chi connectivity index (χ1n) is 8.63. The third-order valence-corrected chi connectivity index (χ3v) is 6.62. The van der Waals surface area contributed by atoms with Crippen LogP contribution in [0.5, 0.6) is 0 Å². The number of hydrogen-bond donors (Lipinski definition) is 1. The summed E-state index contributed by atoms with van der Waals surface area (Å²) >= 11 is 2.94. The number of fused-ring (bicyclic) bond motifs is 3. The van der Waals surface area contributed by atoms with Gasteiger partial charge in [-0.05, 0) is 38.2 Å². The highest BCUT2D eigenvalue weighted by atomic mass is 32.2. The zero-order chi connectivity index (χ0) is 18.0. The maximum atomic E-state index is 13.0. The van der Waals surface area contributed by atoms with Gasteiger partial charge in [0, 0.05) is 17.5 Å². The molecule has 2 heterocycles. The maximum absolute atomic E-state index is 13.0. The fourth-order valence-electron chi connectivity index (χ4n) is 3.01. The number of nitrogens with zero attached hydrogens (tertiary/aromatic N) is 2. The molecule has 0 aliphatic heterocycles. The molecule has 0 bridgehead atoms. The van der Waals surface area contributed by atoms with Gasteiger partial charge in [0.2, 0.25) is 5.91 Å². The second-order valence-electron chi connectivity index (χ2n) is 6.30. The summed E-state index contributed by atoms with van der Waals surface area (Å²) in [4.78, 5) is 31.9. The molecule has 0 spiro atoms. The predicted octanol–water partition coefficient (Wildman–Crippen LogP) is 3.14. The van der Waals surface area contributed by atoms with Crippen LogP contribution in [0.1, 0.15) is 37.1 Å². The molecule has 0 aromatic carbocycles. The van der Waals surface area contributed by atoms with Crippen molar-refractivity contribution in [2.45, 2.75) is 57.3 Å². The Labute approximate surface area is 155 Å². The second-order valence-corrected chi connectivity index (χ2v) is 8.33. The van der Waals surface area contributed by atoms with Gasteiger partial charge in [0.15, 0.2) is 5.16 Å². The normalized spacial score (nSPS) is 14.5. The highest BCUT2D eigenvalue weighted by Crippen LogP contribution is 2.35. The predicted molar refractivity (Wildman–Crippen MR) is 105 cm³/mol. The molecule has 1 aliphatic rings. The van der Waals surface area contributed by atoms with Gasteiger partial charge in [-0.3, -0.25) is 14.2 Å². The molecule has 1 N–H and O–H groups in total. The van der Waals surface area contributed by atoms with E-state index < -0.39 is 0 Å². The van der Waals surface area contributed by atoms with E-state index in [9.17, 15) is 9.59 Å². The lowest BCUT2D eigenvalue weighted by Gasteiger charge is -2.13. The van der Waals surface area contributed by atoms with Crippen LogP contribution in [-0.2, 0) is 24.2 Å². The minimum atomic E-state index is -0.0347. The number of thiophene rings is 1. The topological polar surface area (TPSA) is 64.0 Å². The number of amides is 1. The van der Waals surface area contributed by atoms with Crippen molar-refractivity contribution < 1.29 is 4.79 Å². The van der Waals surface area contributed by atoms with E-state index in [0.29, 0.717) is 11.7 Å². The van der Waals surface area contributed by atoms with Crippen molar-refractivity contribution in [2.75, 3.05) is 5.75 Å². The first-order chi connectivity index (χ1) is 12.0. The van der Waals surface area contributed by atoms with Crippen molar-refractivity contribution in [3.05, 3.63) is 33.4 Å². The molecular weight excluding hydrogens is 354 g/mol. The van der Waals surface area contributed by atoms with E-state index in [1.54, 1.807) is 22.0 Å². The smallest absolute Gasteiger partial charge is 0.263 e. The number of hydrogen-bond acceptors (Lipinski definition) is 5. The third-order valence-electron chi connectivity index (χ3n) is 4.45. The SMILES string of the molecule is C=CCn1c(SCC(=O)NC(C)CC)nc2sc3c(c2c1=O)CCC3. The number of carbonyl (C=O) groups is 1. The van der Waals surface area contributed by atoms with Crippen LogP contribution < -0.4 is 10.9 Å². The molecule has 2 aromatic heterocycles. The summed E-state index contributed by atoms with van der Waals surface area (Å²) in [5, 5.41) is 4.31. The van der Waals surface area contributed by atoms with Crippen molar-refractivity contribution in [1.29, 1.82) is 0 Å². The molecule has 3 rings (SSSR count). The maximum Gasteiger partial charge on any atom is 0.263 e. The molecule has 0 radical (unpaired) electrons. The Morgan fingerprint density at radius 3 is 3.04 bits per heavy atom. The zero-order valence-corrected chi connectivity index (χ0v) is 16.3. The highest BCUT2D eigenvalue weighted by molar-refractivity contribution is 7.99. The lowest BCUT2D eigenvalue weighted by molar-refractivity contribution is -0.119. The van der Waals surface area contributed by atoms with Gasteiger partial charge < -0.3 is 5.32 Å². The van der Waals surface area contributed by atoms with E-state index in [0.717, 1.165) is 35.9 Å². The summed E-state index contributed by atoms with van der Waals surface area (Å²) in [6, 6.07) is 0.152. The summed E-state index contributed by atoms with van der Waals surface area (Å²) in [6.45, 7) is 8.17. The Hall–Kier alpha value is -1.60. The molecule has 7 heteroatoms. The first-order valence-corrected chi connectivity index (χ1v) is 10.4. The van der Waals surface area contributed by atoms with Gasteiger partial charge >= 0.3 is 0 Å². The van der Waals surface area contributed by atoms with Crippen molar-refractivity contribution in [3.63, 3.8) is 0 Å². The van der Waals surface area contributed by atoms with Crippen LogP contribution in [0.3, 0.4) is 0 Å². The molecule has 1 amide bonds. The van der Waals surface area contributed by atoms with Gasteiger partial charge in [0.25, 0.3) is 5.56 Å². The van der Waals surface area contributed by atoms with E-state index >= 15 is 0 Å². The van der Waals surface area contributed by atoms with E-state index in [2.05, 4.69) is 11.9 Å². The summed E-state index contributed by atoms with van der Waals surface area (Å²) in [5.74, 6) is 0.220. The van der Waals surface area contributed by atoms with Crippen molar-refractivity contribution >= 4 is 39.2 Å². The van der Waals surface area contributed by atoms with Crippen molar-refractivity contribution in [3.8, 4) is 0 Å². The fourth-order valence-corrected chi connectivity index (χ4v) is 5.13. The van der Waals surface area contributed by atoms with Gasteiger partial charge in [0.05, 0.1) is 11.1 Å². The van der Waals surface area contributed by atoms with Gasteiger partial charge in [-0.25, -0.2) is 4.98 Å². The molecular formula is C18H23N3O2S2. The van der Waals surface area contributed by atoms with Gasteiger partial charge in [0.1, 0.15) is 4.83 Å². The zero-order valence-electron chi connectivity index (χ0n) is 14.6. The number of nitrogens with one attached hydrogen (secondary N) is 1. The van der Waals surface area contributed by atoms with Gasteiger partial charge in [-0.2, -0.15) is 0 Å². The molecule has 25 heavy (non-hydrogen) atoms. The van der Waals surface area contributed by atoms with Crippen LogP contribution in [0.15, 0.2) is 22.6 Å². The Morgan fingerprint density at radius 2 is 2.32 bits per heavy atom. The Morgan fingerprint density at radius 1 is 1.52 bits per heavy atom. The van der Waals surface area contributed by atoms with E-state index in [4.69, 9.17) is 4.98 Å². The van der Waals surface area contributed by atoms with Crippen LogP contribution in [0.4, 0.5) is 0 Å². The first kappa shape index (κ1) is 18.2. The molecule has 0 saturated heterocycles. The molecule has 134 valence electrons. The number of carbonyl (C=O) groups excluding carboxylic acids is 1. The molecule has 1 aliphatic carbocycles. The average molecular weight is 378 g/mol. The summed E-state index contributed by atoms with van der Waals surface area (Å²) in [7, 11) is 0. The number of thioether (sulfide) groups is 1. The average Bonchev–Trinajstić information content (AvgIpc) is 3.16. The van der Waals surface area contributed by atoms with E-state index in [-0.39, 0.29) is 23.3 Å². The molecule has 0 saturated carbocycles. The largest absolute Gasteiger partial charge is 0.353 e. The molecule has 5 nitrogen and oxygen atoms in total. The molecule has 1 atom stereocenters. The Bertz CT molecular complexity index is 869. The molecule has 2 aromatic rings. The standard InChI is InChI=1S/C18H23N3O2S2/c1-4-9-21-17(23)15-12-7-6-8-13(12)25-16(15)20-18(21)24-10-14(22)19-11(3)5-2/h4,11H,1,5-10H2,2-3H3,(H,19,22). The quantitative estimate of drug-likeness (QED) is 0.457. The van der Waals surface area contributed by atoms with Crippen LogP contribution in [0, 0.1) is 0 Å². The number of rotatable bonds is 7. The number of aromatic nitrogens is 2. The van der Waals surface area contributed by atoms with Crippen LogP contribution in [0.25, 0.3) is 10.2 Å². The minimum absolute atomic E-state index is 0.00543. The summed E-state index contributed by atoms with van der Waals surface area (Å²) in [6.07, 6.45) is 5.71. The Kier molecular flexibility index (Phi) is 5.64. The Balaban J connectivity index is 1.92. The lowest BCUT2D eigenvalue weighted by Crippen LogP contribution is -2.33. The van der Waals surface area contributed by atoms with Gasteiger partial charge in [-0.1, -0.05) is 24.8 Å². The summed E-state index contributed by atoms with van der Waals surface area (Å²) < 4.78 is 1.64. The minimum Gasteiger partial charge on any atom is -0.353 e. The summed E-state index contributed by atoms with van der Waals surface area (Å²) in [5.41, 5.74) is 1.18. The van der Waals surface area contributed by atoms with E-state index in [1.807, 2.05) is 13.8 Å². The second kappa shape index (κ2) is 7.74. The van der Waals surface area contributed by atoms with E-state index in [1.165, 1.54) is 22.2 Å². The lowest BCUT2D eigenvalue weighted by atomic mass is 10.2. The van der Waals surface area contributed by atoms with Gasteiger partial charge in [-0.15, -0.1) is 17.9 Å². The van der Waals surface area contributed by atoms with Crippen molar-refractivity contribution in [1.82, 2.24) is 14.9 Å².